The van der Waals surface area contributed by atoms with Crippen LogP contribution in [0.25, 0.3) is 0 Å². The molecule has 1 aromatic rings. The third-order valence-electron chi connectivity index (χ3n) is 3.68. The van der Waals surface area contributed by atoms with Crippen LogP contribution in [-0.4, -0.2) is 15.0 Å². The first-order valence-electron chi connectivity index (χ1n) is 6.45. The Bertz CT molecular complexity index is 568. The van der Waals surface area contributed by atoms with Crippen LogP contribution in [0.15, 0.2) is 17.0 Å². The number of benzene rings is 1. The maximum atomic E-state index is 13.5. The van der Waals surface area contributed by atoms with E-state index in [4.69, 9.17) is 5.73 Å². The van der Waals surface area contributed by atoms with E-state index in [1.54, 1.807) is 0 Å². The standard InChI is InChI=1S/C13H19FN2O2S/c1-9-12(14)7-11(15)8-13(9)19(17,18)16-6-5-10-3-2-4-10/h7-8,10,16H,2-6,15H2,1H3. The minimum Gasteiger partial charge on any atom is -0.399 e. The van der Waals surface area contributed by atoms with E-state index in [2.05, 4.69) is 4.72 Å². The van der Waals surface area contributed by atoms with E-state index in [1.807, 2.05) is 0 Å². The summed E-state index contributed by atoms with van der Waals surface area (Å²) in [5.74, 6) is 0.0285. The van der Waals surface area contributed by atoms with Gasteiger partial charge < -0.3 is 5.73 Å². The van der Waals surface area contributed by atoms with Gasteiger partial charge in [-0.05, 0) is 31.4 Å². The van der Waals surface area contributed by atoms with Gasteiger partial charge in [-0.2, -0.15) is 0 Å². The van der Waals surface area contributed by atoms with Crippen LogP contribution in [0.5, 0.6) is 0 Å². The molecule has 0 radical (unpaired) electrons. The average molecular weight is 286 g/mol. The number of nitrogen functional groups attached to an aromatic ring is 1. The molecule has 0 saturated heterocycles. The van der Waals surface area contributed by atoms with E-state index >= 15 is 0 Å². The Balaban J connectivity index is 2.09. The quantitative estimate of drug-likeness (QED) is 0.815. The number of rotatable bonds is 5. The number of halogens is 1. The first-order valence-corrected chi connectivity index (χ1v) is 7.94. The van der Waals surface area contributed by atoms with Gasteiger partial charge in [-0.1, -0.05) is 19.3 Å². The van der Waals surface area contributed by atoms with Crippen LogP contribution in [0.1, 0.15) is 31.2 Å². The second-order valence-electron chi connectivity index (χ2n) is 5.11. The fourth-order valence-corrected chi connectivity index (χ4v) is 3.54. The van der Waals surface area contributed by atoms with Crippen molar-refractivity contribution in [2.75, 3.05) is 12.3 Å². The second-order valence-corrected chi connectivity index (χ2v) is 6.84. The van der Waals surface area contributed by atoms with Crippen molar-refractivity contribution in [3.63, 3.8) is 0 Å². The Kier molecular flexibility index (Phi) is 4.10. The maximum Gasteiger partial charge on any atom is 0.241 e. The van der Waals surface area contributed by atoms with Gasteiger partial charge in [0.15, 0.2) is 0 Å². The van der Waals surface area contributed by atoms with E-state index in [0.717, 1.165) is 12.5 Å². The highest BCUT2D eigenvalue weighted by Crippen LogP contribution is 2.29. The molecule has 19 heavy (non-hydrogen) atoms. The summed E-state index contributed by atoms with van der Waals surface area (Å²) in [6, 6.07) is 2.42. The highest BCUT2D eigenvalue weighted by atomic mass is 32.2. The van der Waals surface area contributed by atoms with Gasteiger partial charge in [0.25, 0.3) is 0 Å². The average Bonchev–Trinajstić information content (AvgIpc) is 2.26. The molecule has 1 aliphatic carbocycles. The van der Waals surface area contributed by atoms with E-state index < -0.39 is 15.8 Å². The maximum absolute atomic E-state index is 13.5. The van der Waals surface area contributed by atoms with E-state index in [-0.39, 0.29) is 16.1 Å². The van der Waals surface area contributed by atoms with Crippen molar-refractivity contribution >= 4 is 15.7 Å². The van der Waals surface area contributed by atoms with Crippen molar-refractivity contribution in [3.05, 3.63) is 23.5 Å². The van der Waals surface area contributed by atoms with Gasteiger partial charge in [-0.15, -0.1) is 0 Å². The molecule has 0 bridgehead atoms. The summed E-state index contributed by atoms with van der Waals surface area (Å²) in [7, 11) is -3.69. The van der Waals surface area contributed by atoms with Gasteiger partial charge in [-0.3, -0.25) is 0 Å². The predicted octanol–water partition coefficient (Wildman–Crippen LogP) is 2.18. The minimum absolute atomic E-state index is 0.0707. The van der Waals surface area contributed by atoms with Crippen LogP contribution in [-0.2, 0) is 10.0 Å². The largest absolute Gasteiger partial charge is 0.399 e. The van der Waals surface area contributed by atoms with Gasteiger partial charge in [0.2, 0.25) is 10.0 Å². The molecule has 1 aromatic carbocycles. The molecule has 0 heterocycles. The fraction of sp³-hybridized carbons (Fsp3) is 0.538. The van der Waals surface area contributed by atoms with Crippen molar-refractivity contribution in [1.82, 2.24) is 4.72 Å². The Morgan fingerprint density at radius 3 is 2.68 bits per heavy atom. The van der Waals surface area contributed by atoms with Crippen LogP contribution in [0.4, 0.5) is 10.1 Å². The molecule has 1 aliphatic rings. The lowest BCUT2D eigenvalue weighted by atomic mass is 9.83. The summed E-state index contributed by atoms with van der Waals surface area (Å²) in [6.45, 7) is 1.83. The molecule has 0 amide bonds. The van der Waals surface area contributed by atoms with E-state index in [9.17, 15) is 12.8 Å². The van der Waals surface area contributed by atoms with Crippen molar-refractivity contribution in [3.8, 4) is 0 Å². The Morgan fingerprint density at radius 1 is 1.42 bits per heavy atom. The molecule has 106 valence electrons. The number of hydrogen-bond acceptors (Lipinski definition) is 3. The molecule has 0 atom stereocenters. The summed E-state index contributed by atoms with van der Waals surface area (Å²) in [5.41, 5.74) is 5.72. The van der Waals surface area contributed by atoms with Gasteiger partial charge in [-0.25, -0.2) is 17.5 Å². The highest BCUT2D eigenvalue weighted by molar-refractivity contribution is 7.89. The summed E-state index contributed by atoms with van der Waals surface area (Å²) >= 11 is 0. The smallest absolute Gasteiger partial charge is 0.241 e. The van der Waals surface area contributed by atoms with Crippen molar-refractivity contribution in [2.24, 2.45) is 5.92 Å². The third kappa shape index (κ3) is 3.25. The zero-order valence-electron chi connectivity index (χ0n) is 10.9. The number of sulfonamides is 1. The first-order chi connectivity index (χ1) is 8.90. The van der Waals surface area contributed by atoms with Gasteiger partial charge >= 0.3 is 0 Å². The van der Waals surface area contributed by atoms with Crippen molar-refractivity contribution < 1.29 is 12.8 Å². The van der Waals surface area contributed by atoms with Crippen LogP contribution < -0.4 is 10.5 Å². The molecule has 0 unspecified atom stereocenters. The summed E-state index contributed by atoms with van der Waals surface area (Å²) in [5, 5.41) is 0. The topological polar surface area (TPSA) is 72.2 Å². The molecule has 2 rings (SSSR count). The molecule has 6 heteroatoms. The Morgan fingerprint density at radius 2 is 2.11 bits per heavy atom. The summed E-state index contributed by atoms with van der Waals surface area (Å²) < 4.78 is 40.3. The number of nitrogens with two attached hydrogens (primary N) is 1. The second kappa shape index (κ2) is 5.46. The Hall–Kier alpha value is -1.14. The first kappa shape index (κ1) is 14.3. The lowest BCUT2D eigenvalue weighted by Crippen LogP contribution is -2.28. The summed E-state index contributed by atoms with van der Waals surface area (Å²) in [4.78, 5) is -0.0707. The highest BCUT2D eigenvalue weighted by Gasteiger charge is 2.21. The lowest BCUT2D eigenvalue weighted by Gasteiger charge is -2.25. The molecule has 0 spiro atoms. The van der Waals surface area contributed by atoms with Crippen LogP contribution in [0.2, 0.25) is 0 Å². The molecular formula is C13H19FN2O2S. The zero-order chi connectivity index (χ0) is 14.0. The van der Waals surface area contributed by atoms with Gasteiger partial charge in [0, 0.05) is 17.8 Å². The van der Waals surface area contributed by atoms with Gasteiger partial charge in [0.05, 0.1) is 4.90 Å². The SMILES string of the molecule is Cc1c(F)cc(N)cc1S(=O)(=O)NCCC1CCC1. The molecule has 0 aliphatic heterocycles. The van der Waals surface area contributed by atoms with E-state index in [1.165, 1.54) is 32.3 Å². The lowest BCUT2D eigenvalue weighted by molar-refractivity contribution is 0.297. The number of hydrogen-bond donors (Lipinski definition) is 2. The van der Waals surface area contributed by atoms with Crippen LogP contribution >= 0.6 is 0 Å². The molecular weight excluding hydrogens is 267 g/mol. The zero-order valence-corrected chi connectivity index (χ0v) is 11.8. The van der Waals surface area contributed by atoms with Gasteiger partial charge in [0.1, 0.15) is 5.82 Å². The minimum atomic E-state index is -3.69. The predicted molar refractivity (Wildman–Crippen MR) is 72.7 cm³/mol. The third-order valence-corrected chi connectivity index (χ3v) is 5.27. The molecule has 0 aromatic heterocycles. The number of nitrogens with one attached hydrogen (secondary N) is 1. The molecule has 3 N–H and O–H groups in total. The van der Waals surface area contributed by atoms with Crippen molar-refractivity contribution in [2.45, 2.75) is 37.5 Å². The Labute approximate surface area is 113 Å². The monoisotopic (exact) mass is 286 g/mol. The van der Waals surface area contributed by atoms with E-state index in [0.29, 0.717) is 12.5 Å². The van der Waals surface area contributed by atoms with Crippen LogP contribution in [0, 0.1) is 18.7 Å². The normalized spacial score (nSPS) is 16.3. The molecule has 4 nitrogen and oxygen atoms in total. The van der Waals surface area contributed by atoms with Crippen LogP contribution in [0.3, 0.4) is 0 Å². The fourth-order valence-electron chi connectivity index (χ4n) is 2.21. The molecule has 1 fully saturated rings. The summed E-state index contributed by atoms with van der Waals surface area (Å²) in [6.07, 6.45) is 4.42. The number of anilines is 1. The molecule has 1 saturated carbocycles. The van der Waals surface area contributed by atoms with Crippen molar-refractivity contribution in [1.29, 1.82) is 0 Å².